The van der Waals surface area contributed by atoms with Crippen LogP contribution in [-0.4, -0.2) is 28.8 Å². The Kier molecular flexibility index (Phi) is 6.59. The van der Waals surface area contributed by atoms with E-state index in [0.717, 1.165) is 31.6 Å². The average Bonchev–Trinajstić information content (AvgIpc) is 2.96. The monoisotopic (exact) mass is 317 g/mol. The summed E-state index contributed by atoms with van der Waals surface area (Å²) in [6.45, 7) is 6.75. The predicted octanol–water partition coefficient (Wildman–Crippen LogP) is 2.48. The Balaban J connectivity index is 1.80. The summed E-state index contributed by atoms with van der Waals surface area (Å²) in [6, 6.07) is 6.71. The minimum absolute atomic E-state index is 0.221. The van der Waals surface area contributed by atoms with Crippen LogP contribution in [0.2, 0.25) is 0 Å². The van der Waals surface area contributed by atoms with Crippen molar-refractivity contribution >= 4 is 5.96 Å². The van der Waals surface area contributed by atoms with Crippen LogP contribution in [0.1, 0.15) is 24.5 Å². The van der Waals surface area contributed by atoms with E-state index in [1.807, 2.05) is 37.0 Å². The zero-order valence-electron chi connectivity index (χ0n) is 13.7. The Morgan fingerprint density at radius 3 is 2.83 bits per heavy atom. The fraction of sp³-hybridized carbons (Fsp3) is 0.412. The van der Waals surface area contributed by atoms with E-state index >= 15 is 0 Å². The second-order valence-corrected chi connectivity index (χ2v) is 5.35. The van der Waals surface area contributed by atoms with Crippen LogP contribution in [0.4, 0.5) is 4.39 Å². The first-order valence-corrected chi connectivity index (χ1v) is 7.93. The van der Waals surface area contributed by atoms with Crippen LogP contribution in [-0.2, 0) is 13.1 Å². The van der Waals surface area contributed by atoms with Crippen molar-refractivity contribution in [2.45, 2.75) is 33.4 Å². The Bertz CT molecular complexity index is 635. The topological polar surface area (TPSA) is 54.2 Å². The lowest BCUT2D eigenvalue weighted by molar-refractivity contribution is 0.569. The molecule has 0 aliphatic heterocycles. The van der Waals surface area contributed by atoms with Gasteiger partial charge in [-0.2, -0.15) is 5.10 Å². The summed E-state index contributed by atoms with van der Waals surface area (Å²) in [4.78, 5) is 4.43. The highest BCUT2D eigenvalue weighted by molar-refractivity contribution is 5.79. The number of hydrogen-bond acceptors (Lipinski definition) is 2. The zero-order chi connectivity index (χ0) is 16.5. The van der Waals surface area contributed by atoms with E-state index in [0.29, 0.717) is 18.1 Å². The summed E-state index contributed by atoms with van der Waals surface area (Å²) in [6.07, 6.45) is 4.82. The number of guanidine groups is 1. The average molecular weight is 317 g/mol. The van der Waals surface area contributed by atoms with Crippen LogP contribution < -0.4 is 10.6 Å². The molecule has 2 N–H and O–H groups in total. The SMILES string of the molecule is CCNC(=NCc1ccccc1F)NCCCn1cc(C)cn1. The van der Waals surface area contributed by atoms with Crippen molar-refractivity contribution in [2.24, 2.45) is 4.99 Å². The Morgan fingerprint density at radius 2 is 2.13 bits per heavy atom. The molecule has 2 aromatic rings. The molecule has 1 heterocycles. The fourth-order valence-electron chi connectivity index (χ4n) is 2.17. The largest absolute Gasteiger partial charge is 0.357 e. The van der Waals surface area contributed by atoms with Gasteiger partial charge in [0.2, 0.25) is 0 Å². The number of hydrogen-bond donors (Lipinski definition) is 2. The van der Waals surface area contributed by atoms with Crippen molar-refractivity contribution in [1.29, 1.82) is 0 Å². The normalized spacial score (nSPS) is 11.5. The van der Waals surface area contributed by atoms with E-state index in [9.17, 15) is 4.39 Å². The van der Waals surface area contributed by atoms with E-state index in [2.05, 4.69) is 20.7 Å². The third-order valence-corrected chi connectivity index (χ3v) is 3.33. The van der Waals surface area contributed by atoms with Crippen molar-refractivity contribution in [3.05, 3.63) is 53.6 Å². The minimum atomic E-state index is -0.221. The second-order valence-electron chi connectivity index (χ2n) is 5.35. The maximum atomic E-state index is 13.6. The van der Waals surface area contributed by atoms with Gasteiger partial charge in [0.25, 0.3) is 0 Å². The number of halogens is 1. The molecule has 2 rings (SSSR count). The Hall–Kier alpha value is -2.37. The van der Waals surface area contributed by atoms with Gasteiger partial charge in [-0.05, 0) is 31.9 Å². The quantitative estimate of drug-likeness (QED) is 0.469. The summed E-state index contributed by atoms with van der Waals surface area (Å²) in [7, 11) is 0. The Labute approximate surface area is 136 Å². The van der Waals surface area contributed by atoms with Gasteiger partial charge >= 0.3 is 0 Å². The van der Waals surface area contributed by atoms with Gasteiger partial charge in [-0.3, -0.25) is 4.68 Å². The van der Waals surface area contributed by atoms with Gasteiger partial charge in [0, 0.05) is 31.4 Å². The molecule has 6 heteroatoms. The van der Waals surface area contributed by atoms with E-state index in [1.54, 1.807) is 12.1 Å². The number of nitrogens with zero attached hydrogens (tertiary/aromatic N) is 3. The third-order valence-electron chi connectivity index (χ3n) is 3.33. The van der Waals surface area contributed by atoms with Gasteiger partial charge < -0.3 is 10.6 Å². The van der Waals surface area contributed by atoms with Crippen molar-refractivity contribution < 1.29 is 4.39 Å². The molecule has 0 saturated carbocycles. The van der Waals surface area contributed by atoms with Crippen molar-refractivity contribution in [2.75, 3.05) is 13.1 Å². The molecule has 0 radical (unpaired) electrons. The molecule has 0 amide bonds. The number of rotatable bonds is 7. The molecular weight excluding hydrogens is 293 g/mol. The fourth-order valence-corrected chi connectivity index (χ4v) is 2.17. The van der Waals surface area contributed by atoms with Crippen molar-refractivity contribution in [3.63, 3.8) is 0 Å². The van der Waals surface area contributed by atoms with Crippen LogP contribution in [0, 0.1) is 12.7 Å². The highest BCUT2D eigenvalue weighted by Gasteiger charge is 2.01. The molecule has 0 aliphatic rings. The van der Waals surface area contributed by atoms with Crippen molar-refractivity contribution in [1.82, 2.24) is 20.4 Å². The van der Waals surface area contributed by atoms with Gasteiger partial charge in [0.1, 0.15) is 5.82 Å². The summed E-state index contributed by atoms with van der Waals surface area (Å²) < 4.78 is 15.5. The first kappa shape index (κ1) is 17.0. The van der Waals surface area contributed by atoms with Gasteiger partial charge in [-0.25, -0.2) is 9.38 Å². The zero-order valence-corrected chi connectivity index (χ0v) is 13.7. The van der Waals surface area contributed by atoms with Crippen molar-refractivity contribution in [3.8, 4) is 0 Å². The van der Waals surface area contributed by atoms with Crippen LogP contribution in [0.5, 0.6) is 0 Å². The summed E-state index contributed by atoms with van der Waals surface area (Å²) in [5.74, 6) is 0.480. The molecule has 0 unspecified atom stereocenters. The van der Waals surface area contributed by atoms with Gasteiger partial charge in [0.15, 0.2) is 5.96 Å². The number of aromatic nitrogens is 2. The van der Waals surface area contributed by atoms with E-state index in [1.165, 1.54) is 6.07 Å². The van der Waals surface area contributed by atoms with Crippen LogP contribution in [0.3, 0.4) is 0 Å². The maximum Gasteiger partial charge on any atom is 0.191 e. The molecule has 0 atom stereocenters. The standard InChI is InChI=1S/C17H24FN5/c1-3-19-17(21-12-15-7-4-5-8-16(15)18)20-9-6-10-23-13-14(2)11-22-23/h4-5,7-8,11,13H,3,6,9-10,12H2,1-2H3,(H2,19,20,21). The van der Waals surface area contributed by atoms with E-state index in [-0.39, 0.29) is 5.82 Å². The lowest BCUT2D eigenvalue weighted by Gasteiger charge is -2.11. The van der Waals surface area contributed by atoms with Crippen LogP contribution in [0.15, 0.2) is 41.7 Å². The smallest absolute Gasteiger partial charge is 0.191 e. The summed E-state index contributed by atoms with van der Waals surface area (Å²) in [5, 5.41) is 10.7. The number of aliphatic imine (C=N–C) groups is 1. The highest BCUT2D eigenvalue weighted by Crippen LogP contribution is 2.07. The van der Waals surface area contributed by atoms with Gasteiger partial charge in [-0.1, -0.05) is 18.2 Å². The van der Waals surface area contributed by atoms with Gasteiger partial charge in [-0.15, -0.1) is 0 Å². The van der Waals surface area contributed by atoms with Crippen LogP contribution >= 0.6 is 0 Å². The summed E-state index contributed by atoms with van der Waals surface area (Å²) in [5.41, 5.74) is 1.76. The molecule has 0 fully saturated rings. The highest BCUT2D eigenvalue weighted by atomic mass is 19.1. The second kappa shape index (κ2) is 8.92. The molecule has 0 aliphatic carbocycles. The first-order chi connectivity index (χ1) is 11.2. The number of benzene rings is 1. The molecule has 0 bridgehead atoms. The molecular formula is C17H24FN5. The predicted molar refractivity (Wildman–Crippen MR) is 90.8 cm³/mol. The number of nitrogens with one attached hydrogen (secondary N) is 2. The third kappa shape index (κ3) is 5.73. The lowest BCUT2D eigenvalue weighted by atomic mass is 10.2. The molecule has 5 nitrogen and oxygen atoms in total. The molecule has 0 saturated heterocycles. The Morgan fingerprint density at radius 1 is 1.30 bits per heavy atom. The molecule has 1 aromatic carbocycles. The lowest BCUT2D eigenvalue weighted by Crippen LogP contribution is -2.38. The molecule has 124 valence electrons. The van der Waals surface area contributed by atoms with E-state index < -0.39 is 0 Å². The van der Waals surface area contributed by atoms with Crippen LogP contribution in [0.25, 0.3) is 0 Å². The van der Waals surface area contributed by atoms with E-state index in [4.69, 9.17) is 0 Å². The minimum Gasteiger partial charge on any atom is -0.357 e. The maximum absolute atomic E-state index is 13.6. The first-order valence-electron chi connectivity index (χ1n) is 7.93. The summed E-state index contributed by atoms with van der Waals surface area (Å²) >= 11 is 0. The molecule has 1 aromatic heterocycles. The molecule has 0 spiro atoms. The number of aryl methyl sites for hydroxylation is 2. The molecule has 23 heavy (non-hydrogen) atoms. The van der Waals surface area contributed by atoms with Gasteiger partial charge in [0.05, 0.1) is 12.7 Å².